The molecule has 13 heavy (non-hydrogen) atoms. The highest BCUT2D eigenvalue weighted by molar-refractivity contribution is 4.63. The third-order valence-corrected chi connectivity index (χ3v) is 1.65. The molecule has 0 radical (unpaired) electrons. The van der Waals surface area contributed by atoms with Gasteiger partial charge in [-0.2, -0.15) is 0 Å². The number of methoxy groups -OCH3 is 2. The first-order chi connectivity index (χ1) is 6.24. The molecule has 0 rings (SSSR count). The second kappa shape index (κ2) is 8.40. The van der Waals surface area contributed by atoms with Crippen LogP contribution in [0.15, 0.2) is 0 Å². The summed E-state index contributed by atoms with van der Waals surface area (Å²) >= 11 is 0. The molecule has 5 nitrogen and oxygen atoms in total. The van der Waals surface area contributed by atoms with E-state index in [-0.39, 0.29) is 12.7 Å². The van der Waals surface area contributed by atoms with Gasteiger partial charge in [-0.1, -0.05) is 0 Å². The number of nitrogens with one attached hydrogen (secondary N) is 1. The smallest absolute Gasteiger partial charge is 0.0928 e. The zero-order chi connectivity index (χ0) is 10.1. The van der Waals surface area contributed by atoms with Crippen LogP contribution in [0.1, 0.15) is 0 Å². The van der Waals surface area contributed by atoms with Crippen LogP contribution in [-0.2, 0) is 9.47 Å². The van der Waals surface area contributed by atoms with E-state index in [4.69, 9.17) is 19.7 Å². The van der Waals surface area contributed by atoms with Crippen molar-refractivity contribution in [3.05, 3.63) is 0 Å². The lowest BCUT2D eigenvalue weighted by Crippen LogP contribution is -2.37. The molecule has 80 valence electrons. The highest BCUT2D eigenvalue weighted by atomic mass is 16.5. The normalized spacial score (nSPS) is 15.7. The Morgan fingerprint density at radius 3 is 2.46 bits per heavy atom. The van der Waals surface area contributed by atoms with Crippen molar-refractivity contribution in [1.29, 1.82) is 0 Å². The Morgan fingerprint density at radius 1 is 1.31 bits per heavy atom. The summed E-state index contributed by atoms with van der Waals surface area (Å²) in [6.45, 7) is 1.25. The van der Waals surface area contributed by atoms with Crippen LogP contribution >= 0.6 is 0 Å². The molecule has 0 aromatic rings. The Morgan fingerprint density at radius 2 is 2.00 bits per heavy atom. The van der Waals surface area contributed by atoms with Crippen molar-refractivity contribution in [1.82, 2.24) is 5.32 Å². The van der Waals surface area contributed by atoms with Crippen molar-refractivity contribution in [2.45, 2.75) is 12.2 Å². The van der Waals surface area contributed by atoms with Gasteiger partial charge in [-0.05, 0) is 0 Å². The summed E-state index contributed by atoms with van der Waals surface area (Å²) in [5, 5.41) is 20.5. The molecular weight excluding hydrogens is 174 g/mol. The van der Waals surface area contributed by atoms with Gasteiger partial charge in [0.1, 0.15) is 0 Å². The van der Waals surface area contributed by atoms with Crippen LogP contribution in [0.2, 0.25) is 0 Å². The predicted octanol–water partition coefficient (Wildman–Crippen LogP) is -1.41. The molecule has 0 amide bonds. The summed E-state index contributed by atoms with van der Waals surface area (Å²) in [5.74, 6) is 0. The number of ether oxygens (including phenoxy) is 2. The largest absolute Gasteiger partial charge is 0.394 e. The van der Waals surface area contributed by atoms with E-state index in [0.717, 1.165) is 0 Å². The molecule has 1 unspecified atom stereocenters. The van der Waals surface area contributed by atoms with Crippen molar-refractivity contribution in [3.8, 4) is 0 Å². The average molecular weight is 193 g/mol. The van der Waals surface area contributed by atoms with E-state index in [1.807, 2.05) is 0 Å². The molecular formula is C8H19NO4. The summed E-state index contributed by atoms with van der Waals surface area (Å²) in [6.07, 6.45) is -0.726. The fraction of sp³-hybridized carbons (Fsp3) is 1.00. The van der Waals surface area contributed by atoms with Crippen LogP contribution in [0.5, 0.6) is 0 Å². The van der Waals surface area contributed by atoms with Gasteiger partial charge >= 0.3 is 0 Å². The molecule has 0 saturated heterocycles. The predicted molar refractivity (Wildman–Crippen MR) is 48.6 cm³/mol. The fourth-order valence-corrected chi connectivity index (χ4v) is 0.872. The maximum Gasteiger partial charge on any atom is 0.0928 e. The molecule has 3 N–H and O–H groups in total. The van der Waals surface area contributed by atoms with Crippen LogP contribution < -0.4 is 5.32 Å². The standard InChI is InChI=1S/C8H19NO4/c1-12-6-8(13-2)4-9-3-7(11)5-10/h7-11H,3-6H2,1-2H3/t7-,8?/m0/s1. The van der Waals surface area contributed by atoms with Gasteiger partial charge < -0.3 is 25.0 Å². The summed E-state index contributed by atoms with van der Waals surface area (Å²) in [5.41, 5.74) is 0. The van der Waals surface area contributed by atoms with Gasteiger partial charge in [-0.15, -0.1) is 0 Å². The molecule has 0 aliphatic heterocycles. The first-order valence-corrected chi connectivity index (χ1v) is 4.26. The maximum absolute atomic E-state index is 8.99. The van der Waals surface area contributed by atoms with Crippen molar-refractivity contribution in [3.63, 3.8) is 0 Å². The first-order valence-electron chi connectivity index (χ1n) is 4.26. The Kier molecular flexibility index (Phi) is 8.27. The van der Waals surface area contributed by atoms with E-state index in [2.05, 4.69) is 5.32 Å². The van der Waals surface area contributed by atoms with Gasteiger partial charge in [-0.25, -0.2) is 0 Å². The van der Waals surface area contributed by atoms with E-state index in [9.17, 15) is 0 Å². The third kappa shape index (κ3) is 6.92. The van der Waals surface area contributed by atoms with Gasteiger partial charge in [0.2, 0.25) is 0 Å². The first kappa shape index (κ1) is 12.8. The highest BCUT2D eigenvalue weighted by Crippen LogP contribution is 1.88. The minimum Gasteiger partial charge on any atom is -0.394 e. The summed E-state index contributed by atoms with van der Waals surface area (Å²) in [6, 6.07) is 0. The second-order valence-electron chi connectivity index (χ2n) is 2.81. The molecule has 0 aromatic carbocycles. The molecule has 5 heteroatoms. The zero-order valence-corrected chi connectivity index (χ0v) is 8.19. The Balaban J connectivity index is 3.37. The highest BCUT2D eigenvalue weighted by Gasteiger charge is 2.07. The van der Waals surface area contributed by atoms with Crippen LogP contribution in [0.25, 0.3) is 0 Å². The van der Waals surface area contributed by atoms with Crippen LogP contribution in [0.4, 0.5) is 0 Å². The SMILES string of the molecule is COCC(CNC[C@H](O)CO)OC. The number of rotatable bonds is 8. The minimum atomic E-state index is -0.708. The van der Waals surface area contributed by atoms with Gasteiger partial charge in [0, 0.05) is 27.3 Å². The minimum absolute atomic E-state index is 0.0177. The van der Waals surface area contributed by atoms with Crippen LogP contribution in [0, 0.1) is 0 Å². The van der Waals surface area contributed by atoms with E-state index >= 15 is 0 Å². The molecule has 0 fully saturated rings. The second-order valence-corrected chi connectivity index (χ2v) is 2.81. The molecule has 2 atom stereocenters. The van der Waals surface area contributed by atoms with Crippen molar-refractivity contribution >= 4 is 0 Å². The lowest BCUT2D eigenvalue weighted by molar-refractivity contribution is 0.0251. The van der Waals surface area contributed by atoms with Crippen LogP contribution in [-0.4, -0.2) is 62.9 Å². The van der Waals surface area contributed by atoms with E-state index in [0.29, 0.717) is 19.7 Å². The van der Waals surface area contributed by atoms with Gasteiger partial charge in [0.05, 0.1) is 25.4 Å². The maximum atomic E-state index is 8.99. The van der Waals surface area contributed by atoms with E-state index in [1.54, 1.807) is 14.2 Å². The summed E-state index contributed by atoms with van der Waals surface area (Å²) < 4.78 is 9.98. The third-order valence-electron chi connectivity index (χ3n) is 1.65. The summed E-state index contributed by atoms with van der Waals surface area (Å²) in [4.78, 5) is 0. The van der Waals surface area contributed by atoms with Crippen molar-refractivity contribution < 1.29 is 19.7 Å². The fourth-order valence-electron chi connectivity index (χ4n) is 0.872. The number of hydrogen-bond donors (Lipinski definition) is 3. The number of hydrogen-bond acceptors (Lipinski definition) is 5. The molecule has 0 aromatic heterocycles. The van der Waals surface area contributed by atoms with Gasteiger partial charge in [0.15, 0.2) is 0 Å². The molecule has 0 spiro atoms. The molecule has 0 bridgehead atoms. The van der Waals surface area contributed by atoms with Crippen molar-refractivity contribution in [2.24, 2.45) is 0 Å². The van der Waals surface area contributed by atoms with Gasteiger partial charge in [-0.3, -0.25) is 0 Å². The molecule has 0 aliphatic rings. The van der Waals surface area contributed by atoms with E-state index < -0.39 is 6.10 Å². The lowest BCUT2D eigenvalue weighted by Gasteiger charge is -2.16. The zero-order valence-electron chi connectivity index (χ0n) is 8.19. The lowest BCUT2D eigenvalue weighted by atomic mass is 10.3. The summed E-state index contributed by atoms with van der Waals surface area (Å²) in [7, 11) is 3.21. The number of aliphatic hydroxyl groups is 2. The monoisotopic (exact) mass is 193 g/mol. The average Bonchev–Trinajstić information content (AvgIpc) is 2.16. The quantitative estimate of drug-likeness (QED) is 0.442. The van der Waals surface area contributed by atoms with Crippen molar-refractivity contribution in [2.75, 3.05) is 40.5 Å². The Bertz CT molecular complexity index is 112. The molecule has 0 aliphatic carbocycles. The van der Waals surface area contributed by atoms with E-state index in [1.165, 1.54) is 0 Å². The van der Waals surface area contributed by atoms with Gasteiger partial charge in [0.25, 0.3) is 0 Å². The topological polar surface area (TPSA) is 71.0 Å². The molecule has 0 saturated carbocycles. The number of aliphatic hydroxyl groups excluding tert-OH is 2. The van der Waals surface area contributed by atoms with Crippen LogP contribution in [0.3, 0.4) is 0 Å². The molecule has 0 heterocycles. The Hall–Kier alpha value is -0.200. The Labute approximate surface area is 78.7 Å².